The van der Waals surface area contributed by atoms with Crippen LogP contribution >= 0.6 is 0 Å². The predicted octanol–water partition coefficient (Wildman–Crippen LogP) is 0.831. The van der Waals surface area contributed by atoms with Gasteiger partial charge in [-0.3, -0.25) is 14.3 Å². The smallest absolute Gasteiger partial charge is 0.330 e. The van der Waals surface area contributed by atoms with Crippen LogP contribution in [0.3, 0.4) is 0 Å². The van der Waals surface area contributed by atoms with Gasteiger partial charge in [0, 0.05) is 16.7 Å². The van der Waals surface area contributed by atoms with E-state index in [9.17, 15) is 9.59 Å². The predicted molar refractivity (Wildman–Crippen MR) is 63.2 cm³/mol. The van der Waals surface area contributed by atoms with Gasteiger partial charge in [-0.2, -0.15) is 0 Å². The molecular formula is C10H13N5O3. The molecule has 0 aromatic carbocycles. The molecule has 1 fully saturated rings. The van der Waals surface area contributed by atoms with Gasteiger partial charge in [-0.15, -0.1) is 0 Å². The molecule has 2 rings (SSSR count). The van der Waals surface area contributed by atoms with E-state index in [1.165, 1.54) is 10.8 Å². The third kappa shape index (κ3) is 2.15. The lowest BCUT2D eigenvalue weighted by Gasteiger charge is -2.17. The van der Waals surface area contributed by atoms with Crippen molar-refractivity contribution in [3.8, 4) is 0 Å². The number of nitrogens with one attached hydrogen (secondary N) is 1. The first kappa shape index (κ1) is 12.4. The first-order valence-corrected chi connectivity index (χ1v) is 5.54. The molecule has 3 atom stereocenters. The van der Waals surface area contributed by atoms with Crippen LogP contribution in [0, 0.1) is 6.92 Å². The van der Waals surface area contributed by atoms with Gasteiger partial charge >= 0.3 is 5.69 Å². The van der Waals surface area contributed by atoms with Crippen molar-refractivity contribution in [3.63, 3.8) is 0 Å². The topological polar surface area (TPSA) is 113 Å². The van der Waals surface area contributed by atoms with E-state index in [1.807, 2.05) is 6.92 Å². The fraction of sp³-hybridized carbons (Fsp3) is 0.600. The summed E-state index contributed by atoms with van der Waals surface area (Å²) >= 11 is 0. The van der Waals surface area contributed by atoms with Crippen molar-refractivity contribution < 1.29 is 4.74 Å². The number of rotatable bonds is 2. The van der Waals surface area contributed by atoms with Crippen LogP contribution in [-0.2, 0) is 4.74 Å². The Hall–Kier alpha value is -2.05. The molecule has 0 radical (unpaired) electrons. The summed E-state index contributed by atoms with van der Waals surface area (Å²) in [5.74, 6) is 0. The summed E-state index contributed by atoms with van der Waals surface area (Å²) in [6.07, 6.45) is 1.19. The van der Waals surface area contributed by atoms with Gasteiger partial charge in [0.1, 0.15) is 6.23 Å². The summed E-state index contributed by atoms with van der Waals surface area (Å²) in [4.78, 5) is 28.0. The van der Waals surface area contributed by atoms with Crippen molar-refractivity contribution in [1.82, 2.24) is 9.55 Å². The highest BCUT2D eigenvalue weighted by Crippen LogP contribution is 2.30. The molecule has 1 unspecified atom stereocenters. The average molecular weight is 251 g/mol. The SMILES string of the molecule is Cc1cn([C@@H]2O[C@H](C)CC2N=[N+]=[N-])c(=O)[nH]c1=O. The van der Waals surface area contributed by atoms with E-state index in [-0.39, 0.29) is 6.10 Å². The summed E-state index contributed by atoms with van der Waals surface area (Å²) in [7, 11) is 0. The third-order valence-electron chi connectivity index (χ3n) is 2.89. The Morgan fingerprint density at radius 1 is 1.61 bits per heavy atom. The van der Waals surface area contributed by atoms with E-state index in [0.29, 0.717) is 12.0 Å². The molecule has 1 aliphatic rings. The largest absolute Gasteiger partial charge is 0.354 e. The standard InChI is InChI=1S/C10H13N5O3/c1-5-4-15(10(17)12-8(5)16)9-7(13-14-11)3-6(2)18-9/h4,6-7,9H,3H2,1-2H3,(H,12,16,17)/t6-,7?,9-/m1/s1. The highest BCUT2D eigenvalue weighted by molar-refractivity contribution is 5.02. The zero-order valence-corrected chi connectivity index (χ0v) is 10.0. The third-order valence-corrected chi connectivity index (χ3v) is 2.89. The molecule has 1 saturated heterocycles. The van der Waals surface area contributed by atoms with Gasteiger partial charge in [-0.25, -0.2) is 4.79 Å². The number of aromatic amines is 1. The second-order valence-corrected chi connectivity index (χ2v) is 4.32. The molecule has 96 valence electrons. The van der Waals surface area contributed by atoms with Gasteiger partial charge in [0.05, 0.1) is 12.1 Å². The fourth-order valence-corrected chi connectivity index (χ4v) is 2.04. The van der Waals surface area contributed by atoms with E-state index >= 15 is 0 Å². The Labute approximate surface area is 102 Å². The molecular weight excluding hydrogens is 238 g/mol. The van der Waals surface area contributed by atoms with Gasteiger partial charge in [-0.05, 0) is 25.8 Å². The molecule has 0 saturated carbocycles. The Bertz CT molecular complexity index is 613. The maximum Gasteiger partial charge on any atom is 0.330 e. The van der Waals surface area contributed by atoms with Crippen LogP contribution in [0.1, 0.15) is 25.1 Å². The van der Waals surface area contributed by atoms with Gasteiger partial charge in [0.25, 0.3) is 5.56 Å². The average Bonchev–Trinajstić information content (AvgIpc) is 2.65. The van der Waals surface area contributed by atoms with Crippen LogP contribution in [0.4, 0.5) is 0 Å². The fourth-order valence-electron chi connectivity index (χ4n) is 2.04. The molecule has 1 N–H and O–H groups in total. The van der Waals surface area contributed by atoms with Crippen LogP contribution in [0.15, 0.2) is 20.9 Å². The first-order chi connectivity index (χ1) is 8.52. The summed E-state index contributed by atoms with van der Waals surface area (Å²) in [5, 5.41) is 3.63. The maximum absolute atomic E-state index is 11.7. The minimum absolute atomic E-state index is 0.107. The second-order valence-electron chi connectivity index (χ2n) is 4.32. The number of aromatic nitrogens is 2. The van der Waals surface area contributed by atoms with Crippen molar-refractivity contribution >= 4 is 0 Å². The van der Waals surface area contributed by atoms with Crippen molar-refractivity contribution in [2.24, 2.45) is 5.11 Å². The highest BCUT2D eigenvalue weighted by Gasteiger charge is 2.34. The van der Waals surface area contributed by atoms with E-state index in [4.69, 9.17) is 10.3 Å². The molecule has 1 aromatic heterocycles. The van der Waals surface area contributed by atoms with Crippen LogP contribution in [0.5, 0.6) is 0 Å². The molecule has 18 heavy (non-hydrogen) atoms. The van der Waals surface area contributed by atoms with Gasteiger partial charge in [0.2, 0.25) is 0 Å². The number of aryl methyl sites for hydroxylation is 1. The molecule has 8 heteroatoms. The second kappa shape index (κ2) is 4.67. The summed E-state index contributed by atoms with van der Waals surface area (Å²) in [6, 6.07) is -0.451. The van der Waals surface area contributed by atoms with Crippen LogP contribution in [0.2, 0.25) is 0 Å². The Balaban J connectivity index is 2.47. The van der Waals surface area contributed by atoms with E-state index < -0.39 is 23.5 Å². The van der Waals surface area contributed by atoms with Gasteiger partial charge < -0.3 is 4.74 Å². The summed E-state index contributed by atoms with van der Waals surface area (Å²) < 4.78 is 6.83. The first-order valence-electron chi connectivity index (χ1n) is 5.54. The van der Waals surface area contributed by atoms with E-state index in [2.05, 4.69) is 15.0 Å². The normalized spacial score (nSPS) is 26.9. The number of nitrogens with zero attached hydrogens (tertiary/aromatic N) is 4. The van der Waals surface area contributed by atoms with E-state index in [0.717, 1.165) is 0 Å². The molecule has 2 heterocycles. The van der Waals surface area contributed by atoms with Crippen LogP contribution in [0.25, 0.3) is 10.4 Å². The quantitative estimate of drug-likeness (QED) is 0.477. The molecule has 1 aliphatic heterocycles. The number of hydrogen-bond acceptors (Lipinski definition) is 4. The lowest BCUT2D eigenvalue weighted by molar-refractivity contribution is 0.00274. The zero-order valence-electron chi connectivity index (χ0n) is 10.0. The monoisotopic (exact) mass is 251 g/mol. The molecule has 0 amide bonds. The number of H-pyrrole nitrogens is 1. The zero-order chi connectivity index (χ0) is 13.3. The molecule has 0 spiro atoms. The van der Waals surface area contributed by atoms with Crippen LogP contribution in [-0.4, -0.2) is 21.7 Å². The van der Waals surface area contributed by atoms with Gasteiger partial charge in [0.15, 0.2) is 0 Å². The van der Waals surface area contributed by atoms with Crippen LogP contribution < -0.4 is 11.2 Å². The van der Waals surface area contributed by atoms with Crippen molar-refractivity contribution in [1.29, 1.82) is 0 Å². The van der Waals surface area contributed by atoms with Crippen molar-refractivity contribution in [2.75, 3.05) is 0 Å². The number of hydrogen-bond donors (Lipinski definition) is 1. The minimum Gasteiger partial charge on any atom is -0.354 e. The molecule has 0 aliphatic carbocycles. The van der Waals surface area contributed by atoms with E-state index in [1.54, 1.807) is 6.92 Å². The minimum atomic E-state index is -0.668. The summed E-state index contributed by atoms with van der Waals surface area (Å²) in [6.45, 7) is 3.43. The molecule has 8 nitrogen and oxygen atoms in total. The number of ether oxygens (including phenoxy) is 1. The Morgan fingerprint density at radius 2 is 2.33 bits per heavy atom. The van der Waals surface area contributed by atoms with Gasteiger partial charge in [-0.1, -0.05) is 5.11 Å². The lowest BCUT2D eigenvalue weighted by Crippen LogP contribution is -2.35. The Kier molecular flexibility index (Phi) is 3.22. The van der Waals surface area contributed by atoms with Crippen molar-refractivity contribution in [3.05, 3.63) is 43.0 Å². The maximum atomic E-state index is 11.7. The Morgan fingerprint density at radius 3 is 3.00 bits per heavy atom. The molecule has 0 bridgehead atoms. The number of azide groups is 1. The molecule has 1 aromatic rings. The van der Waals surface area contributed by atoms with Crippen molar-refractivity contribution in [2.45, 2.75) is 38.6 Å². The summed E-state index contributed by atoms with van der Waals surface area (Å²) in [5.41, 5.74) is 7.91. The highest BCUT2D eigenvalue weighted by atomic mass is 16.5. The lowest BCUT2D eigenvalue weighted by atomic mass is 10.2.